The molecule has 0 saturated heterocycles. The molecule has 1 aromatic heterocycles. The van der Waals surface area contributed by atoms with Crippen molar-refractivity contribution in [3.63, 3.8) is 0 Å². The summed E-state index contributed by atoms with van der Waals surface area (Å²) in [4.78, 5) is 17.2. The van der Waals surface area contributed by atoms with Gasteiger partial charge in [-0.05, 0) is 42.0 Å². The predicted molar refractivity (Wildman–Crippen MR) is 144 cm³/mol. The number of amides is 1. The molecule has 36 heavy (non-hydrogen) atoms. The molecule has 1 heterocycles. The smallest absolute Gasteiger partial charge is 0.225 e. The molecule has 0 radical (unpaired) electrons. The minimum atomic E-state index is -0.515. The molecular formula is C28H21BrFN3O2S. The van der Waals surface area contributed by atoms with E-state index in [1.807, 2.05) is 60.7 Å². The third-order valence-electron chi connectivity index (χ3n) is 5.34. The number of aromatic nitrogens is 1. The number of nitrogens with zero attached hydrogens (tertiary/aromatic N) is 2. The molecule has 0 spiro atoms. The first kappa shape index (κ1) is 25.4. The molecule has 0 aliphatic rings. The first-order valence-electron chi connectivity index (χ1n) is 11.0. The average Bonchev–Trinajstić information content (AvgIpc) is 2.90. The molecule has 3 aromatic carbocycles. The van der Waals surface area contributed by atoms with Crippen LogP contribution in [-0.2, 0) is 4.79 Å². The van der Waals surface area contributed by atoms with Crippen LogP contribution in [-0.4, -0.2) is 23.8 Å². The molecule has 8 heteroatoms. The monoisotopic (exact) mass is 561 g/mol. The zero-order valence-electron chi connectivity index (χ0n) is 19.3. The molecule has 0 unspecified atom stereocenters. The Balaban J connectivity index is 1.60. The largest absolute Gasteiger partial charge is 0.497 e. The summed E-state index contributed by atoms with van der Waals surface area (Å²) in [6, 6.07) is 25.9. The summed E-state index contributed by atoms with van der Waals surface area (Å²) < 4.78 is 19.9. The Bertz CT molecular complexity index is 1420. The van der Waals surface area contributed by atoms with Gasteiger partial charge in [0.15, 0.2) is 0 Å². The van der Waals surface area contributed by atoms with Crippen molar-refractivity contribution in [3.8, 4) is 34.2 Å². The van der Waals surface area contributed by atoms with E-state index in [4.69, 9.17) is 9.72 Å². The number of benzene rings is 3. The molecular weight excluding hydrogens is 541 g/mol. The van der Waals surface area contributed by atoms with Crippen LogP contribution in [0, 0.1) is 17.1 Å². The normalized spacial score (nSPS) is 10.5. The molecule has 0 saturated carbocycles. The lowest BCUT2D eigenvalue weighted by Crippen LogP contribution is -2.13. The summed E-state index contributed by atoms with van der Waals surface area (Å²) in [5, 5.41) is 13.2. The second-order valence-corrected chi connectivity index (χ2v) is 9.71. The molecule has 4 rings (SSSR count). The summed E-state index contributed by atoms with van der Waals surface area (Å²) in [6.07, 6.45) is 0.125. The van der Waals surface area contributed by atoms with Gasteiger partial charge in [0, 0.05) is 27.8 Å². The van der Waals surface area contributed by atoms with Gasteiger partial charge in [0.2, 0.25) is 5.91 Å². The van der Waals surface area contributed by atoms with Gasteiger partial charge in [0.05, 0.1) is 24.1 Å². The van der Waals surface area contributed by atoms with Gasteiger partial charge in [-0.1, -0.05) is 58.4 Å². The summed E-state index contributed by atoms with van der Waals surface area (Å²) in [5.41, 5.74) is 3.81. The van der Waals surface area contributed by atoms with E-state index in [2.05, 4.69) is 27.3 Å². The molecule has 1 amide bonds. The summed E-state index contributed by atoms with van der Waals surface area (Å²) in [7, 11) is 1.60. The second kappa shape index (κ2) is 11.8. The highest BCUT2D eigenvalue weighted by molar-refractivity contribution is 9.10. The Kier molecular flexibility index (Phi) is 8.36. The van der Waals surface area contributed by atoms with Gasteiger partial charge >= 0.3 is 0 Å². The minimum absolute atomic E-state index is 0.122. The highest BCUT2D eigenvalue weighted by atomic mass is 79.9. The number of rotatable bonds is 8. The zero-order chi connectivity index (χ0) is 25.5. The molecule has 4 aromatic rings. The van der Waals surface area contributed by atoms with Crippen LogP contribution in [0.3, 0.4) is 0 Å². The Hall–Kier alpha value is -3.67. The number of methoxy groups -OCH3 is 1. The van der Waals surface area contributed by atoms with Crippen molar-refractivity contribution in [2.75, 3.05) is 18.2 Å². The van der Waals surface area contributed by atoms with Crippen molar-refractivity contribution in [1.82, 2.24) is 4.98 Å². The Morgan fingerprint density at radius 2 is 1.83 bits per heavy atom. The fraction of sp³-hybridized carbons (Fsp3) is 0.107. The van der Waals surface area contributed by atoms with Crippen molar-refractivity contribution in [2.45, 2.75) is 11.4 Å². The first-order valence-corrected chi connectivity index (χ1v) is 12.8. The number of anilines is 1. The van der Waals surface area contributed by atoms with Crippen LogP contribution in [0.2, 0.25) is 0 Å². The lowest BCUT2D eigenvalue weighted by molar-refractivity contribution is -0.115. The summed E-state index contributed by atoms with van der Waals surface area (Å²) >= 11 is 4.52. The van der Waals surface area contributed by atoms with Crippen LogP contribution in [0.25, 0.3) is 22.4 Å². The Labute approximate surface area is 221 Å². The number of carbonyl (C=O) groups is 1. The molecule has 0 atom stereocenters. The lowest BCUT2D eigenvalue weighted by Gasteiger charge is -2.13. The van der Waals surface area contributed by atoms with Crippen LogP contribution in [0.15, 0.2) is 88.4 Å². The highest BCUT2D eigenvalue weighted by Crippen LogP contribution is 2.35. The summed E-state index contributed by atoms with van der Waals surface area (Å²) in [5.74, 6) is 0.249. The maximum Gasteiger partial charge on any atom is 0.225 e. The maximum absolute atomic E-state index is 14.1. The SMILES string of the molecule is COc1ccc(-c2cc(-c3ccccc3)nc(SCCC(=O)Nc3ccc(Br)cc3F)c2C#N)cc1. The van der Waals surface area contributed by atoms with E-state index in [0.717, 1.165) is 28.1 Å². The summed E-state index contributed by atoms with van der Waals surface area (Å²) in [6.45, 7) is 0. The fourth-order valence-corrected chi connectivity index (χ4v) is 4.81. The Morgan fingerprint density at radius 3 is 2.50 bits per heavy atom. The number of ether oxygens (including phenoxy) is 1. The lowest BCUT2D eigenvalue weighted by atomic mass is 9.99. The van der Waals surface area contributed by atoms with Crippen molar-refractivity contribution >= 4 is 39.3 Å². The maximum atomic E-state index is 14.1. The van der Waals surface area contributed by atoms with E-state index in [9.17, 15) is 14.4 Å². The van der Waals surface area contributed by atoms with E-state index < -0.39 is 5.82 Å². The number of halogens is 2. The van der Waals surface area contributed by atoms with Crippen molar-refractivity contribution in [1.29, 1.82) is 5.26 Å². The number of carbonyl (C=O) groups excluding carboxylic acids is 1. The van der Waals surface area contributed by atoms with Gasteiger partial charge in [0.1, 0.15) is 22.7 Å². The van der Waals surface area contributed by atoms with E-state index in [0.29, 0.717) is 20.8 Å². The molecule has 0 bridgehead atoms. The highest BCUT2D eigenvalue weighted by Gasteiger charge is 2.17. The van der Waals surface area contributed by atoms with Gasteiger partial charge in [-0.3, -0.25) is 4.79 Å². The van der Waals surface area contributed by atoms with Gasteiger partial charge in [0.25, 0.3) is 0 Å². The minimum Gasteiger partial charge on any atom is -0.497 e. The molecule has 5 nitrogen and oxygen atoms in total. The van der Waals surface area contributed by atoms with Gasteiger partial charge < -0.3 is 10.1 Å². The van der Waals surface area contributed by atoms with Crippen molar-refractivity contribution < 1.29 is 13.9 Å². The van der Waals surface area contributed by atoms with E-state index >= 15 is 0 Å². The van der Waals surface area contributed by atoms with Gasteiger partial charge in [-0.25, -0.2) is 9.37 Å². The van der Waals surface area contributed by atoms with E-state index in [1.165, 1.54) is 23.9 Å². The topological polar surface area (TPSA) is 75.0 Å². The number of hydrogen-bond donors (Lipinski definition) is 1. The number of nitriles is 1. The molecule has 1 N–H and O–H groups in total. The Morgan fingerprint density at radius 1 is 1.08 bits per heavy atom. The zero-order valence-corrected chi connectivity index (χ0v) is 21.7. The number of nitrogens with one attached hydrogen (secondary N) is 1. The van der Waals surface area contributed by atoms with Gasteiger partial charge in [-0.2, -0.15) is 5.26 Å². The van der Waals surface area contributed by atoms with Crippen LogP contribution in [0.1, 0.15) is 12.0 Å². The van der Waals surface area contributed by atoms with Crippen LogP contribution in [0.4, 0.5) is 10.1 Å². The molecule has 0 aliphatic carbocycles. The standard InChI is InChI=1S/C28H21BrFN3O2S/c1-35-21-10-7-18(8-11-21)22-16-26(19-5-3-2-4-6-19)33-28(23(22)17-31)36-14-13-27(34)32-25-12-9-20(29)15-24(25)30/h2-12,15-16H,13-14H2,1H3,(H,32,34). The molecule has 0 fully saturated rings. The number of hydrogen-bond acceptors (Lipinski definition) is 5. The average molecular weight is 562 g/mol. The third kappa shape index (κ3) is 6.11. The molecule has 0 aliphatic heterocycles. The van der Waals surface area contributed by atoms with Crippen LogP contribution < -0.4 is 10.1 Å². The predicted octanol–water partition coefficient (Wildman–Crippen LogP) is 7.32. The number of thioether (sulfide) groups is 1. The van der Waals surface area contributed by atoms with Crippen LogP contribution in [0.5, 0.6) is 5.75 Å². The third-order valence-corrected chi connectivity index (χ3v) is 6.81. The van der Waals surface area contributed by atoms with Crippen LogP contribution >= 0.6 is 27.7 Å². The van der Waals surface area contributed by atoms with E-state index in [-0.39, 0.29) is 18.0 Å². The van der Waals surface area contributed by atoms with Crippen molar-refractivity contribution in [2.24, 2.45) is 0 Å². The quantitative estimate of drug-likeness (QED) is 0.228. The molecule has 180 valence electrons. The van der Waals surface area contributed by atoms with Crippen molar-refractivity contribution in [3.05, 3.63) is 94.7 Å². The fourth-order valence-electron chi connectivity index (χ4n) is 3.53. The second-order valence-electron chi connectivity index (χ2n) is 7.71. The van der Waals surface area contributed by atoms with E-state index in [1.54, 1.807) is 13.2 Å². The first-order chi connectivity index (χ1) is 17.5. The van der Waals surface area contributed by atoms with Gasteiger partial charge in [-0.15, -0.1) is 11.8 Å². The number of pyridine rings is 1.